The first-order valence-corrected chi connectivity index (χ1v) is 9.57. The number of hydrogen-bond donors (Lipinski definition) is 0. The van der Waals surface area contributed by atoms with Gasteiger partial charge >= 0.3 is 0 Å². The summed E-state index contributed by atoms with van der Waals surface area (Å²) in [5, 5.41) is 0. The van der Waals surface area contributed by atoms with Crippen molar-refractivity contribution in [2.75, 3.05) is 6.54 Å². The molecule has 1 unspecified atom stereocenters. The summed E-state index contributed by atoms with van der Waals surface area (Å²) < 4.78 is 2.46. The Bertz CT molecular complexity index is 630. The third-order valence-electron chi connectivity index (χ3n) is 5.72. The van der Waals surface area contributed by atoms with Crippen LogP contribution in [0, 0.1) is 0 Å². The van der Waals surface area contributed by atoms with Crippen LogP contribution in [-0.4, -0.2) is 26.0 Å². The fourth-order valence-electron chi connectivity index (χ4n) is 4.44. The molecule has 1 saturated carbocycles. The molecular weight excluding hydrogens is 296 g/mol. The molecular formula is C20H28N4. The normalized spacial score (nSPS) is 23.4. The lowest BCUT2D eigenvalue weighted by molar-refractivity contribution is 0.132. The second-order valence-corrected chi connectivity index (χ2v) is 7.32. The maximum atomic E-state index is 4.63. The Morgan fingerprint density at radius 3 is 2.71 bits per heavy atom. The molecule has 2 aromatic rings. The Morgan fingerprint density at radius 1 is 1.00 bits per heavy atom. The van der Waals surface area contributed by atoms with Gasteiger partial charge in [-0.15, -0.1) is 0 Å². The molecule has 1 aliphatic heterocycles. The van der Waals surface area contributed by atoms with Crippen molar-refractivity contribution >= 4 is 0 Å². The minimum absolute atomic E-state index is 0.453. The fraction of sp³-hybridized carbons (Fsp3) is 0.600. The molecule has 1 aliphatic carbocycles. The van der Waals surface area contributed by atoms with Crippen LogP contribution in [0.1, 0.15) is 74.8 Å². The van der Waals surface area contributed by atoms with Gasteiger partial charge in [0.15, 0.2) is 0 Å². The second-order valence-electron chi connectivity index (χ2n) is 7.32. The molecule has 4 rings (SSSR count). The van der Waals surface area contributed by atoms with Gasteiger partial charge in [-0.2, -0.15) is 0 Å². The number of pyridine rings is 1. The van der Waals surface area contributed by atoms with E-state index in [9.17, 15) is 0 Å². The number of hydrogen-bond acceptors (Lipinski definition) is 3. The van der Waals surface area contributed by atoms with Crippen LogP contribution in [0.25, 0.3) is 0 Å². The average molecular weight is 324 g/mol. The van der Waals surface area contributed by atoms with Crippen LogP contribution in [0.5, 0.6) is 0 Å². The van der Waals surface area contributed by atoms with E-state index < -0.39 is 0 Å². The Morgan fingerprint density at radius 2 is 1.88 bits per heavy atom. The first-order valence-electron chi connectivity index (χ1n) is 9.57. The molecule has 0 spiro atoms. The predicted molar refractivity (Wildman–Crippen MR) is 95.6 cm³/mol. The van der Waals surface area contributed by atoms with Gasteiger partial charge in [-0.3, -0.25) is 9.88 Å². The van der Waals surface area contributed by atoms with Crippen molar-refractivity contribution < 1.29 is 0 Å². The van der Waals surface area contributed by atoms with Gasteiger partial charge in [0.2, 0.25) is 0 Å². The minimum Gasteiger partial charge on any atom is -0.330 e. The van der Waals surface area contributed by atoms with E-state index in [4.69, 9.17) is 0 Å². The smallest absolute Gasteiger partial charge is 0.0951 e. The third kappa shape index (κ3) is 3.39. The maximum Gasteiger partial charge on any atom is 0.0951 e. The van der Waals surface area contributed by atoms with Crippen molar-refractivity contribution in [1.29, 1.82) is 0 Å². The molecule has 0 amide bonds. The van der Waals surface area contributed by atoms with E-state index in [2.05, 4.69) is 44.1 Å². The van der Waals surface area contributed by atoms with Gasteiger partial charge in [-0.25, -0.2) is 4.98 Å². The number of rotatable bonds is 4. The highest BCUT2D eigenvalue weighted by Crippen LogP contribution is 2.33. The van der Waals surface area contributed by atoms with Gasteiger partial charge < -0.3 is 4.57 Å². The van der Waals surface area contributed by atoms with Gasteiger partial charge in [-0.05, 0) is 44.4 Å². The van der Waals surface area contributed by atoms with E-state index in [1.807, 2.05) is 12.3 Å². The molecule has 3 heterocycles. The van der Waals surface area contributed by atoms with Crippen LogP contribution < -0.4 is 0 Å². The molecule has 24 heavy (non-hydrogen) atoms. The summed E-state index contributed by atoms with van der Waals surface area (Å²) >= 11 is 0. The van der Waals surface area contributed by atoms with E-state index in [0.29, 0.717) is 12.1 Å². The van der Waals surface area contributed by atoms with Crippen molar-refractivity contribution in [1.82, 2.24) is 19.4 Å². The summed E-state index contributed by atoms with van der Waals surface area (Å²) in [7, 11) is 0. The lowest BCUT2D eigenvalue weighted by Crippen LogP contribution is -2.34. The van der Waals surface area contributed by atoms with Gasteiger partial charge in [0.25, 0.3) is 0 Å². The van der Waals surface area contributed by atoms with E-state index in [0.717, 1.165) is 13.1 Å². The minimum atomic E-state index is 0.453. The first-order chi connectivity index (χ1) is 11.9. The largest absolute Gasteiger partial charge is 0.330 e. The maximum absolute atomic E-state index is 4.63. The highest BCUT2D eigenvalue weighted by molar-refractivity contribution is 5.11. The molecule has 1 saturated heterocycles. The molecule has 0 radical (unpaired) electrons. The van der Waals surface area contributed by atoms with Crippen LogP contribution >= 0.6 is 0 Å². The summed E-state index contributed by atoms with van der Waals surface area (Å²) in [5.74, 6) is 0. The number of imidazole rings is 1. The zero-order valence-corrected chi connectivity index (χ0v) is 14.5. The monoisotopic (exact) mass is 324 g/mol. The molecule has 2 aliphatic rings. The number of piperidine rings is 1. The molecule has 4 nitrogen and oxygen atoms in total. The average Bonchev–Trinajstić information content (AvgIpc) is 3.12. The third-order valence-corrected chi connectivity index (χ3v) is 5.72. The summed E-state index contributed by atoms with van der Waals surface area (Å²) in [5.41, 5.74) is 2.60. The lowest BCUT2D eigenvalue weighted by atomic mass is 9.95. The Hall–Kier alpha value is -1.68. The Balaban J connectivity index is 1.52. The quantitative estimate of drug-likeness (QED) is 0.830. The van der Waals surface area contributed by atoms with Crippen LogP contribution in [0.3, 0.4) is 0 Å². The number of likely N-dealkylation sites (tertiary alicyclic amines) is 1. The predicted octanol–water partition coefficient (Wildman–Crippen LogP) is 4.51. The zero-order valence-electron chi connectivity index (χ0n) is 14.5. The van der Waals surface area contributed by atoms with Gasteiger partial charge in [0.1, 0.15) is 0 Å². The van der Waals surface area contributed by atoms with Crippen molar-refractivity contribution in [3.8, 4) is 0 Å². The summed E-state index contributed by atoms with van der Waals surface area (Å²) in [4.78, 5) is 11.7. The van der Waals surface area contributed by atoms with Gasteiger partial charge in [-0.1, -0.05) is 31.7 Å². The van der Waals surface area contributed by atoms with Crippen molar-refractivity contribution in [2.24, 2.45) is 0 Å². The standard InChI is InChI=1S/C20H28N4/c1-2-8-17(9-3-1)24-16-21-14-18(24)15-23-13-7-5-11-20(23)19-10-4-6-12-22-19/h4,6,10,12,14,16-17,20H,1-3,5,7-9,11,13,15H2. The second kappa shape index (κ2) is 7.47. The van der Waals surface area contributed by atoms with E-state index in [1.54, 1.807) is 0 Å². The molecule has 2 fully saturated rings. The fourth-order valence-corrected chi connectivity index (χ4v) is 4.44. The summed E-state index contributed by atoms with van der Waals surface area (Å²) in [6.07, 6.45) is 16.6. The zero-order chi connectivity index (χ0) is 16.2. The van der Waals surface area contributed by atoms with Crippen LogP contribution in [0.15, 0.2) is 36.9 Å². The summed E-state index contributed by atoms with van der Waals surface area (Å²) in [6.45, 7) is 2.16. The SMILES string of the molecule is c1ccc(C2CCCCN2Cc2cncn2C2CCCCC2)nc1. The van der Waals surface area contributed by atoms with Crippen molar-refractivity contribution in [3.63, 3.8) is 0 Å². The molecule has 1 atom stereocenters. The van der Waals surface area contributed by atoms with Crippen molar-refractivity contribution in [2.45, 2.75) is 70.0 Å². The number of nitrogens with zero attached hydrogens (tertiary/aromatic N) is 4. The lowest BCUT2D eigenvalue weighted by Gasteiger charge is -2.36. The van der Waals surface area contributed by atoms with Crippen molar-refractivity contribution in [3.05, 3.63) is 48.3 Å². The Kier molecular flexibility index (Phi) is 4.93. The highest BCUT2D eigenvalue weighted by Gasteiger charge is 2.26. The molecule has 0 aromatic carbocycles. The van der Waals surface area contributed by atoms with Crippen LogP contribution in [0.4, 0.5) is 0 Å². The van der Waals surface area contributed by atoms with Crippen LogP contribution in [0.2, 0.25) is 0 Å². The molecule has 4 heteroatoms. The van der Waals surface area contributed by atoms with Crippen LogP contribution in [-0.2, 0) is 6.54 Å². The van der Waals surface area contributed by atoms with E-state index >= 15 is 0 Å². The highest BCUT2D eigenvalue weighted by atomic mass is 15.2. The summed E-state index contributed by atoms with van der Waals surface area (Å²) in [6, 6.07) is 7.42. The van der Waals surface area contributed by atoms with E-state index in [1.165, 1.54) is 62.8 Å². The topological polar surface area (TPSA) is 34.0 Å². The van der Waals surface area contributed by atoms with Gasteiger partial charge in [0, 0.05) is 25.0 Å². The van der Waals surface area contributed by atoms with E-state index in [-0.39, 0.29) is 0 Å². The Labute approximate surface area is 144 Å². The molecule has 0 bridgehead atoms. The molecule has 2 aromatic heterocycles. The molecule has 128 valence electrons. The molecule has 0 N–H and O–H groups in total. The number of aromatic nitrogens is 3. The first kappa shape index (κ1) is 15.8. The van der Waals surface area contributed by atoms with Gasteiger partial charge in [0.05, 0.1) is 23.8 Å².